The van der Waals surface area contributed by atoms with Gasteiger partial charge in [0.15, 0.2) is 0 Å². The molecule has 0 aliphatic carbocycles. The predicted octanol–water partition coefficient (Wildman–Crippen LogP) is 2.26. The molecule has 2 N–H and O–H groups in total. The third kappa shape index (κ3) is 3.01. The van der Waals surface area contributed by atoms with Crippen molar-refractivity contribution in [3.63, 3.8) is 0 Å². The molecule has 2 nitrogen and oxygen atoms in total. The molecule has 1 saturated heterocycles. The van der Waals surface area contributed by atoms with Crippen LogP contribution in [0.3, 0.4) is 0 Å². The van der Waals surface area contributed by atoms with E-state index in [1.165, 1.54) is 12.1 Å². The Morgan fingerprint density at radius 2 is 1.94 bits per heavy atom. The van der Waals surface area contributed by atoms with Gasteiger partial charge in [-0.25, -0.2) is 8.78 Å². The Kier molecular flexibility index (Phi) is 3.74. The fourth-order valence-corrected chi connectivity index (χ4v) is 2.43. The van der Waals surface area contributed by atoms with Crippen molar-refractivity contribution in [2.45, 2.75) is 19.3 Å². The maximum Gasteiger partial charge on any atom is 0.126 e. The molecule has 94 valence electrons. The first-order valence-corrected chi connectivity index (χ1v) is 5.86. The van der Waals surface area contributed by atoms with Crippen LogP contribution < -0.4 is 5.73 Å². The molecule has 1 aliphatic rings. The molecule has 1 fully saturated rings. The van der Waals surface area contributed by atoms with Crippen LogP contribution in [0.15, 0.2) is 18.2 Å². The molecule has 0 aromatic heterocycles. The summed E-state index contributed by atoms with van der Waals surface area (Å²) in [6.07, 6.45) is 2.47. The van der Waals surface area contributed by atoms with Crippen LogP contribution in [0.2, 0.25) is 0 Å². The molecule has 1 unspecified atom stereocenters. The van der Waals surface area contributed by atoms with E-state index in [1.807, 2.05) is 0 Å². The van der Waals surface area contributed by atoms with Crippen molar-refractivity contribution >= 4 is 0 Å². The van der Waals surface area contributed by atoms with Crippen LogP contribution in [-0.2, 0) is 11.2 Å². The number of hydrogen-bond acceptors (Lipinski definition) is 2. The molecule has 17 heavy (non-hydrogen) atoms. The highest BCUT2D eigenvalue weighted by molar-refractivity contribution is 5.19. The highest BCUT2D eigenvalue weighted by Gasteiger charge is 2.31. The standard InChI is InChI=1S/C13H17F2NO/c14-11-4-10(5-12(15)6-11)7-13(8-16)2-1-3-17-9-13/h4-6H,1-3,7-9,16H2. The van der Waals surface area contributed by atoms with Gasteiger partial charge < -0.3 is 10.5 Å². The van der Waals surface area contributed by atoms with E-state index in [2.05, 4.69) is 0 Å². The van der Waals surface area contributed by atoms with Gasteiger partial charge in [-0.05, 0) is 37.0 Å². The second-order valence-corrected chi connectivity index (χ2v) is 4.81. The van der Waals surface area contributed by atoms with Crippen molar-refractivity contribution in [2.24, 2.45) is 11.1 Å². The summed E-state index contributed by atoms with van der Waals surface area (Å²) in [6, 6.07) is 3.63. The van der Waals surface area contributed by atoms with E-state index in [4.69, 9.17) is 10.5 Å². The van der Waals surface area contributed by atoms with Gasteiger partial charge in [-0.15, -0.1) is 0 Å². The van der Waals surface area contributed by atoms with Gasteiger partial charge in [-0.1, -0.05) is 0 Å². The third-order valence-corrected chi connectivity index (χ3v) is 3.34. The minimum Gasteiger partial charge on any atom is -0.381 e. The van der Waals surface area contributed by atoms with Crippen LogP contribution in [0, 0.1) is 17.0 Å². The quantitative estimate of drug-likeness (QED) is 0.881. The van der Waals surface area contributed by atoms with Crippen LogP contribution in [0.4, 0.5) is 8.78 Å². The Bertz CT molecular complexity index is 369. The monoisotopic (exact) mass is 241 g/mol. The molecule has 1 heterocycles. The average molecular weight is 241 g/mol. The van der Waals surface area contributed by atoms with Crippen LogP contribution >= 0.6 is 0 Å². The average Bonchev–Trinajstić information content (AvgIpc) is 2.29. The lowest BCUT2D eigenvalue weighted by atomic mass is 9.77. The van der Waals surface area contributed by atoms with Gasteiger partial charge in [0.25, 0.3) is 0 Å². The molecule has 2 rings (SSSR count). The smallest absolute Gasteiger partial charge is 0.126 e. The highest BCUT2D eigenvalue weighted by Crippen LogP contribution is 2.31. The third-order valence-electron chi connectivity index (χ3n) is 3.34. The van der Waals surface area contributed by atoms with Crippen molar-refractivity contribution < 1.29 is 13.5 Å². The highest BCUT2D eigenvalue weighted by atomic mass is 19.1. The van der Waals surface area contributed by atoms with E-state index in [0.717, 1.165) is 25.5 Å². The van der Waals surface area contributed by atoms with Gasteiger partial charge in [0, 0.05) is 24.6 Å². The summed E-state index contributed by atoms with van der Waals surface area (Å²) >= 11 is 0. The number of benzene rings is 1. The fourth-order valence-electron chi connectivity index (χ4n) is 2.43. The molecule has 1 atom stereocenters. The zero-order valence-corrected chi connectivity index (χ0v) is 9.72. The first kappa shape index (κ1) is 12.5. The Morgan fingerprint density at radius 3 is 2.47 bits per heavy atom. The second kappa shape index (κ2) is 5.10. The number of rotatable bonds is 3. The number of ether oxygens (including phenoxy) is 1. The summed E-state index contributed by atoms with van der Waals surface area (Å²) in [4.78, 5) is 0. The lowest BCUT2D eigenvalue weighted by molar-refractivity contribution is -0.00269. The van der Waals surface area contributed by atoms with Gasteiger partial charge in [-0.3, -0.25) is 0 Å². The molecule has 0 amide bonds. The van der Waals surface area contributed by atoms with Crippen molar-refractivity contribution in [1.82, 2.24) is 0 Å². The molecule has 1 aromatic carbocycles. The Morgan fingerprint density at radius 1 is 1.24 bits per heavy atom. The fraction of sp³-hybridized carbons (Fsp3) is 0.538. The zero-order chi connectivity index (χ0) is 12.3. The largest absolute Gasteiger partial charge is 0.381 e. The molecule has 0 saturated carbocycles. The first-order chi connectivity index (χ1) is 8.13. The van der Waals surface area contributed by atoms with Gasteiger partial charge in [0.1, 0.15) is 11.6 Å². The molecule has 4 heteroatoms. The summed E-state index contributed by atoms with van der Waals surface area (Å²) < 4.78 is 31.7. The van der Waals surface area contributed by atoms with Crippen molar-refractivity contribution in [1.29, 1.82) is 0 Å². The van der Waals surface area contributed by atoms with Crippen LogP contribution in [0.5, 0.6) is 0 Å². The van der Waals surface area contributed by atoms with E-state index < -0.39 is 11.6 Å². The van der Waals surface area contributed by atoms with Crippen molar-refractivity contribution in [3.8, 4) is 0 Å². The molecule has 0 spiro atoms. The lowest BCUT2D eigenvalue weighted by Crippen LogP contribution is -2.40. The normalized spacial score (nSPS) is 24.9. The molecule has 1 aliphatic heterocycles. The summed E-state index contributed by atoms with van der Waals surface area (Å²) in [5.74, 6) is -1.08. The SMILES string of the molecule is NCC1(Cc2cc(F)cc(F)c2)CCCOC1. The topological polar surface area (TPSA) is 35.2 Å². The summed E-state index contributed by atoms with van der Waals surface area (Å²) in [7, 11) is 0. The Balaban J connectivity index is 2.17. The molecular weight excluding hydrogens is 224 g/mol. The minimum absolute atomic E-state index is 0.168. The molecule has 0 radical (unpaired) electrons. The maximum absolute atomic E-state index is 13.1. The Hall–Kier alpha value is -1.00. The van der Waals surface area contributed by atoms with Gasteiger partial charge in [-0.2, -0.15) is 0 Å². The molecule has 0 bridgehead atoms. The minimum atomic E-state index is -0.538. The lowest BCUT2D eigenvalue weighted by Gasteiger charge is -2.36. The summed E-state index contributed by atoms with van der Waals surface area (Å²) in [6.45, 7) is 1.80. The van der Waals surface area contributed by atoms with Gasteiger partial charge >= 0.3 is 0 Å². The number of hydrogen-bond donors (Lipinski definition) is 1. The van der Waals surface area contributed by atoms with E-state index >= 15 is 0 Å². The summed E-state index contributed by atoms with van der Waals surface area (Å²) in [5.41, 5.74) is 6.28. The first-order valence-electron chi connectivity index (χ1n) is 5.86. The van der Waals surface area contributed by atoms with Crippen LogP contribution in [0.1, 0.15) is 18.4 Å². The van der Waals surface area contributed by atoms with E-state index in [9.17, 15) is 8.78 Å². The van der Waals surface area contributed by atoms with Crippen molar-refractivity contribution in [2.75, 3.05) is 19.8 Å². The van der Waals surface area contributed by atoms with Crippen LogP contribution in [0.25, 0.3) is 0 Å². The van der Waals surface area contributed by atoms with E-state index in [0.29, 0.717) is 25.1 Å². The van der Waals surface area contributed by atoms with Gasteiger partial charge in [0.2, 0.25) is 0 Å². The van der Waals surface area contributed by atoms with E-state index in [-0.39, 0.29) is 5.41 Å². The number of nitrogens with two attached hydrogens (primary N) is 1. The number of halogens is 2. The molecule has 1 aromatic rings. The zero-order valence-electron chi connectivity index (χ0n) is 9.72. The molecular formula is C13H17F2NO. The second-order valence-electron chi connectivity index (χ2n) is 4.81. The maximum atomic E-state index is 13.1. The predicted molar refractivity (Wildman–Crippen MR) is 61.6 cm³/mol. The van der Waals surface area contributed by atoms with Gasteiger partial charge in [0.05, 0.1) is 6.61 Å². The summed E-state index contributed by atoms with van der Waals surface area (Å²) in [5, 5.41) is 0. The van der Waals surface area contributed by atoms with Crippen molar-refractivity contribution in [3.05, 3.63) is 35.4 Å². The Labute approximate surface area is 99.8 Å². The van der Waals surface area contributed by atoms with E-state index in [1.54, 1.807) is 0 Å². The van der Waals surface area contributed by atoms with Crippen LogP contribution in [-0.4, -0.2) is 19.8 Å².